The molecule has 0 aliphatic heterocycles. The molecule has 3 N–H and O–H groups in total. The molecule has 2 aromatic rings. The number of nitrogens with two attached hydrogens (primary N) is 1. The van der Waals surface area contributed by atoms with Gasteiger partial charge >= 0.3 is 0 Å². The summed E-state index contributed by atoms with van der Waals surface area (Å²) in [5, 5.41) is 10.4. The summed E-state index contributed by atoms with van der Waals surface area (Å²) in [6.45, 7) is 1.67. The van der Waals surface area contributed by atoms with Gasteiger partial charge in [-0.15, -0.1) is 0 Å². The van der Waals surface area contributed by atoms with Gasteiger partial charge in [0.15, 0.2) is 0 Å². The van der Waals surface area contributed by atoms with Crippen LogP contribution in [0.4, 0.5) is 0 Å². The van der Waals surface area contributed by atoms with E-state index in [1.165, 1.54) is 0 Å². The van der Waals surface area contributed by atoms with Crippen molar-refractivity contribution in [3.05, 3.63) is 36.1 Å². The van der Waals surface area contributed by atoms with Crippen LogP contribution in [0.1, 0.15) is 18.5 Å². The molecule has 14 heavy (non-hydrogen) atoms. The van der Waals surface area contributed by atoms with Crippen molar-refractivity contribution >= 4 is 11.0 Å². The molecule has 3 nitrogen and oxygen atoms in total. The first-order chi connectivity index (χ1) is 6.70. The number of fused-ring (bicyclic) bond motifs is 1. The Labute approximate surface area is 82.1 Å². The Kier molecular flexibility index (Phi) is 2.27. The lowest BCUT2D eigenvalue weighted by molar-refractivity contribution is 0.164. The summed E-state index contributed by atoms with van der Waals surface area (Å²) in [4.78, 5) is 0. The SMILES string of the molecule is CC(O)C(N)c1coc2ccccc12. The molecule has 2 rings (SSSR count). The number of hydrogen-bond donors (Lipinski definition) is 2. The number of benzene rings is 1. The van der Waals surface area contributed by atoms with Crippen molar-refractivity contribution in [1.29, 1.82) is 0 Å². The molecular formula is C11H13NO2. The van der Waals surface area contributed by atoms with E-state index in [0.717, 1.165) is 16.5 Å². The molecule has 1 aromatic carbocycles. The molecule has 0 fully saturated rings. The van der Waals surface area contributed by atoms with Gasteiger partial charge in [-0.3, -0.25) is 0 Å². The predicted molar refractivity (Wildman–Crippen MR) is 54.8 cm³/mol. The molecule has 2 atom stereocenters. The normalized spacial score (nSPS) is 15.6. The summed E-state index contributed by atoms with van der Waals surface area (Å²) >= 11 is 0. The van der Waals surface area contributed by atoms with Crippen LogP contribution in [0.3, 0.4) is 0 Å². The van der Waals surface area contributed by atoms with Gasteiger partial charge in [-0.1, -0.05) is 18.2 Å². The highest BCUT2D eigenvalue weighted by Crippen LogP contribution is 2.26. The van der Waals surface area contributed by atoms with Gasteiger partial charge in [0.25, 0.3) is 0 Å². The first kappa shape index (κ1) is 9.24. The van der Waals surface area contributed by atoms with E-state index in [2.05, 4.69) is 0 Å². The predicted octanol–water partition coefficient (Wildman–Crippen LogP) is 1.81. The maximum absolute atomic E-state index is 9.39. The molecule has 0 amide bonds. The maximum atomic E-state index is 9.39. The number of aliphatic hydroxyl groups excluding tert-OH is 1. The summed E-state index contributed by atoms with van der Waals surface area (Å²) < 4.78 is 5.33. The molecule has 0 bridgehead atoms. The third-order valence-corrected chi connectivity index (χ3v) is 2.39. The second-order valence-electron chi connectivity index (χ2n) is 3.45. The Balaban J connectivity index is 2.53. The van der Waals surface area contributed by atoms with Crippen LogP contribution < -0.4 is 5.73 Å². The minimum atomic E-state index is -0.573. The van der Waals surface area contributed by atoms with Crippen LogP contribution in [0, 0.1) is 0 Å². The van der Waals surface area contributed by atoms with Crippen LogP contribution in [0.25, 0.3) is 11.0 Å². The average Bonchev–Trinajstić information content (AvgIpc) is 2.60. The fourth-order valence-electron chi connectivity index (χ4n) is 1.52. The molecular weight excluding hydrogens is 178 g/mol. The van der Waals surface area contributed by atoms with E-state index in [1.54, 1.807) is 13.2 Å². The zero-order valence-corrected chi connectivity index (χ0v) is 7.97. The first-order valence-corrected chi connectivity index (χ1v) is 4.60. The Hall–Kier alpha value is -1.32. The van der Waals surface area contributed by atoms with Crippen LogP contribution in [-0.2, 0) is 0 Å². The highest BCUT2D eigenvalue weighted by molar-refractivity contribution is 5.81. The van der Waals surface area contributed by atoms with Gasteiger partial charge in [-0.2, -0.15) is 0 Å². The van der Waals surface area contributed by atoms with Crippen molar-refractivity contribution in [3.8, 4) is 0 Å². The van der Waals surface area contributed by atoms with Crippen molar-refractivity contribution in [2.75, 3.05) is 0 Å². The summed E-state index contributed by atoms with van der Waals surface area (Å²) in [6.07, 6.45) is 1.04. The van der Waals surface area contributed by atoms with Gasteiger partial charge in [-0.25, -0.2) is 0 Å². The topological polar surface area (TPSA) is 59.4 Å². The van der Waals surface area contributed by atoms with E-state index in [-0.39, 0.29) is 0 Å². The van der Waals surface area contributed by atoms with E-state index in [0.29, 0.717) is 0 Å². The summed E-state index contributed by atoms with van der Waals surface area (Å²) in [6, 6.07) is 7.27. The van der Waals surface area contributed by atoms with Crippen molar-refractivity contribution in [2.24, 2.45) is 5.73 Å². The van der Waals surface area contributed by atoms with Crippen LogP contribution >= 0.6 is 0 Å². The number of para-hydroxylation sites is 1. The van der Waals surface area contributed by atoms with Crippen molar-refractivity contribution in [3.63, 3.8) is 0 Å². The highest BCUT2D eigenvalue weighted by atomic mass is 16.3. The van der Waals surface area contributed by atoms with Gasteiger partial charge in [0.2, 0.25) is 0 Å². The quantitative estimate of drug-likeness (QED) is 0.761. The minimum absolute atomic E-state index is 0.390. The molecule has 0 radical (unpaired) electrons. The average molecular weight is 191 g/mol. The zero-order chi connectivity index (χ0) is 10.1. The summed E-state index contributed by atoms with van der Waals surface area (Å²) in [5.41, 5.74) is 7.50. The Morgan fingerprint density at radius 3 is 2.79 bits per heavy atom. The fraction of sp³-hybridized carbons (Fsp3) is 0.273. The lowest BCUT2D eigenvalue weighted by Crippen LogP contribution is -2.22. The molecule has 0 aliphatic carbocycles. The minimum Gasteiger partial charge on any atom is -0.464 e. The molecule has 0 aliphatic rings. The van der Waals surface area contributed by atoms with Gasteiger partial charge < -0.3 is 15.3 Å². The van der Waals surface area contributed by atoms with Gasteiger partial charge in [-0.05, 0) is 13.0 Å². The lowest BCUT2D eigenvalue weighted by atomic mass is 10.0. The van der Waals surface area contributed by atoms with Crippen LogP contribution in [0.15, 0.2) is 34.9 Å². The Morgan fingerprint density at radius 2 is 2.07 bits per heavy atom. The molecule has 0 saturated heterocycles. The monoisotopic (exact) mass is 191 g/mol. The third-order valence-electron chi connectivity index (χ3n) is 2.39. The molecule has 0 spiro atoms. The van der Waals surface area contributed by atoms with Crippen LogP contribution in [0.5, 0.6) is 0 Å². The summed E-state index contributed by atoms with van der Waals surface area (Å²) in [7, 11) is 0. The standard InChI is InChI=1S/C11H13NO2/c1-7(13)11(12)9-6-14-10-5-3-2-4-8(9)10/h2-7,11,13H,12H2,1H3. The van der Waals surface area contributed by atoms with E-state index in [1.807, 2.05) is 24.3 Å². The maximum Gasteiger partial charge on any atom is 0.134 e. The molecule has 1 heterocycles. The Bertz CT molecular complexity index is 434. The second-order valence-corrected chi connectivity index (χ2v) is 3.45. The van der Waals surface area contributed by atoms with Crippen molar-refractivity contribution in [1.82, 2.24) is 0 Å². The van der Waals surface area contributed by atoms with Gasteiger partial charge in [0, 0.05) is 10.9 Å². The molecule has 3 heteroatoms. The van der Waals surface area contributed by atoms with Crippen molar-refractivity contribution in [2.45, 2.75) is 19.1 Å². The summed E-state index contributed by atoms with van der Waals surface area (Å²) in [5.74, 6) is 0. The van der Waals surface area contributed by atoms with E-state index < -0.39 is 12.1 Å². The van der Waals surface area contributed by atoms with Crippen molar-refractivity contribution < 1.29 is 9.52 Å². The second kappa shape index (κ2) is 3.44. The van der Waals surface area contributed by atoms with E-state index in [9.17, 15) is 5.11 Å². The molecule has 74 valence electrons. The smallest absolute Gasteiger partial charge is 0.134 e. The Morgan fingerprint density at radius 1 is 1.36 bits per heavy atom. The number of rotatable bonds is 2. The van der Waals surface area contributed by atoms with E-state index >= 15 is 0 Å². The van der Waals surface area contributed by atoms with Gasteiger partial charge in [0.1, 0.15) is 5.58 Å². The van der Waals surface area contributed by atoms with Crippen LogP contribution in [-0.4, -0.2) is 11.2 Å². The third kappa shape index (κ3) is 1.41. The van der Waals surface area contributed by atoms with Crippen LogP contribution in [0.2, 0.25) is 0 Å². The fourth-order valence-corrected chi connectivity index (χ4v) is 1.52. The lowest BCUT2D eigenvalue weighted by Gasteiger charge is -2.12. The van der Waals surface area contributed by atoms with E-state index in [4.69, 9.17) is 10.2 Å². The molecule has 2 unspecified atom stereocenters. The number of aliphatic hydroxyl groups is 1. The number of furan rings is 1. The highest BCUT2D eigenvalue weighted by Gasteiger charge is 2.16. The zero-order valence-electron chi connectivity index (χ0n) is 7.97. The first-order valence-electron chi connectivity index (χ1n) is 4.60. The number of hydrogen-bond acceptors (Lipinski definition) is 3. The largest absolute Gasteiger partial charge is 0.464 e. The molecule has 0 saturated carbocycles. The van der Waals surface area contributed by atoms with Gasteiger partial charge in [0.05, 0.1) is 18.4 Å². The molecule has 1 aromatic heterocycles.